The van der Waals surface area contributed by atoms with Gasteiger partial charge in [-0.3, -0.25) is 4.79 Å². The molecule has 1 heterocycles. The molecule has 21 heavy (non-hydrogen) atoms. The molecule has 0 saturated heterocycles. The van der Waals surface area contributed by atoms with E-state index in [4.69, 9.17) is 5.11 Å². The molecular formula is C16H21N3O2. The highest BCUT2D eigenvalue weighted by Crippen LogP contribution is 2.11. The van der Waals surface area contributed by atoms with Crippen LogP contribution in [0.5, 0.6) is 0 Å². The minimum Gasteiger partial charge on any atom is -0.481 e. The summed E-state index contributed by atoms with van der Waals surface area (Å²) in [7, 11) is 0. The van der Waals surface area contributed by atoms with Gasteiger partial charge < -0.3 is 5.11 Å². The Balaban J connectivity index is 1.87. The molecule has 2 aromatic rings. The third-order valence-corrected chi connectivity index (χ3v) is 3.58. The van der Waals surface area contributed by atoms with Crippen LogP contribution < -0.4 is 0 Å². The standard InChI is InChI=1S/C16H21N3O2/c1-12-7-8-14(9-13(12)2)10-19-11-15(17-18-19)5-3-4-6-16(20)21/h7-9,11H,3-6,10H2,1-2H3,(H,20,21). The van der Waals surface area contributed by atoms with Gasteiger partial charge in [-0.2, -0.15) is 0 Å². The Morgan fingerprint density at radius 2 is 2.05 bits per heavy atom. The van der Waals surface area contributed by atoms with E-state index >= 15 is 0 Å². The summed E-state index contributed by atoms with van der Waals surface area (Å²) in [6.45, 7) is 4.92. The van der Waals surface area contributed by atoms with Crippen LogP contribution in [-0.4, -0.2) is 26.1 Å². The largest absolute Gasteiger partial charge is 0.481 e. The molecule has 0 aliphatic carbocycles. The van der Waals surface area contributed by atoms with Gasteiger partial charge in [-0.25, -0.2) is 4.68 Å². The van der Waals surface area contributed by atoms with E-state index in [0.29, 0.717) is 13.0 Å². The van der Waals surface area contributed by atoms with Gasteiger partial charge in [-0.15, -0.1) is 5.10 Å². The number of benzene rings is 1. The monoisotopic (exact) mass is 287 g/mol. The predicted octanol–water partition coefficient (Wildman–Crippen LogP) is 2.74. The maximum Gasteiger partial charge on any atom is 0.303 e. The van der Waals surface area contributed by atoms with Gasteiger partial charge in [0.15, 0.2) is 0 Å². The lowest BCUT2D eigenvalue weighted by Gasteiger charge is -2.04. The maximum atomic E-state index is 10.4. The molecule has 1 N–H and O–H groups in total. The Kier molecular flexibility index (Phi) is 5.09. The van der Waals surface area contributed by atoms with Crippen LogP contribution in [-0.2, 0) is 17.8 Å². The topological polar surface area (TPSA) is 68.0 Å². The molecule has 1 aromatic carbocycles. The zero-order valence-corrected chi connectivity index (χ0v) is 12.5. The first-order valence-electron chi connectivity index (χ1n) is 7.21. The van der Waals surface area contributed by atoms with Gasteiger partial charge in [0.1, 0.15) is 0 Å². The number of rotatable bonds is 7. The van der Waals surface area contributed by atoms with Crippen molar-refractivity contribution in [1.29, 1.82) is 0 Å². The lowest BCUT2D eigenvalue weighted by molar-refractivity contribution is -0.137. The van der Waals surface area contributed by atoms with Crippen molar-refractivity contribution in [2.45, 2.75) is 46.1 Å². The Morgan fingerprint density at radius 3 is 2.76 bits per heavy atom. The van der Waals surface area contributed by atoms with Crippen molar-refractivity contribution >= 4 is 5.97 Å². The van der Waals surface area contributed by atoms with Crippen molar-refractivity contribution in [2.24, 2.45) is 0 Å². The molecule has 112 valence electrons. The molecule has 0 unspecified atom stereocenters. The van der Waals surface area contributed by atoms with Crippen molar-refractivity contribution in [2.75, 3.05) is 0 Å². The van der Waals surface area contributed by atoms with Crippen LogP contribution in [0, 0.1) is 13.8 Å². The van der Waals surface area contributed by atoms with Crippen molar-refractivity contribution in [3.8, 4) is 0 Å². The summed E-state index contributed by atoms with van der Waals surface area (Å²) < 4.78 is 1.83. The molecule has 0 atom stereocenters. The second kappa shape index (κ2) is 7.02. The van der Waals surface area contributed by atoms with E-state index in [0.717, 1.165) is 18.5 Å². The van der Waals surface area contributed by atoms with Crippen LogP contribution in [0.15, 0.2) is 24.4 Å². The van der Waals surface area contributed by atoms with Gasteiger partial charge in [-0.05, 0) is 49.8 Å². The second-order valence-electron chi connectivity index (χ2n) is 5.43. The molecule has 0 amide bonds. The zero-order valence-electron chi connectivity index (χ0n) is 12.5. The lowest BCUT2D eigenvalue weighted by atomic mass is 10.1. The van der Waals surface area contributed by atoms with Crippen LogP contribution in [0.3, 0.4) is 0 Å². The molecule has 1 aromatic heterocycles. The molecule has 0 spiro atoms. The molecular weight excluding hydrogens is 266 g/mol. The summed E-state index contributed by atoms with van der Waals surface area (Å²) in [4.78, 5) is 10.4. The van der Waals surface area contributed by atoms with E-state index in [-0.39, 0.29) is 6.42 Å². The number of carbonyl (C=O) groups is 1. The predicted molar refractivity (Wildman–Crippen MR) is 80.2 cm³/mol. The van der Waals surface area contributed by atoms with E-state index in [1.165, 1.54) is 16.7 Å². The number of aliphatic carboxylic acids is 1. The van der Waals surface area contributed by atoms with Crippen molar-refractivity contribution in [3.05, 3.63) is 46.8 Å². The number of carboxylic acids is 1. The van der Waals surface area contributed by atoms with E-state index in [2.05, 4.69) is 42.4 Å². The number of aromatic nitrogens is 3. The van der Waals surface area contributed by atoms with Crippen LogP contribution in [0.1, 0.15) is 41.6 Å². The minimum absolute atomic E-state index is 0.219. The number of carboxylic acid groups (broad SMARTS) is 1. The number of unbranched alkanes of at least 4 members (excludes halogenated alkanes) is 1. The summed E-state index contributed by atoms with van der Waals surface area (Å²) in [5.41, 5.74) is 4.70. The molecule has 0 fully saturated rings. The van der Waals surface area contributed by atoms with E-state index < -0.39 is 5.97 Å². The second-order valence-corrected chi connectivity index (χ2v) is 5.43. The molecule has 2 rings (SSSR count). The molecule has 0 aliphatic heterocycles. The molecule has 5 heteroatoms. The Hall–Kier alpha value is -2.17. The highest BCUT2D eigenvalue weighted by atomic mass is 16.4. The van der Waals surface area contributed by atoms with Crippen LogP contribution >= 0.6 is 0 Å². The van der Waals surface area contributed by atoms with Gasteiger partial charge in [0.2, 0.25) is 0 Å². The first kappa shape index (κ1) is 15.2. The minimum atomic E-state index is -0.742. The van der Waals surface area contributed by atoms with E-state index in [1.807, 2.05) is 10.9 Å². The molecule has 0 saturated carbocycles. The molecule has 0 radical (unpaired) electrons. The third kappa shape index (κ3) is 4.70. The van der Waals surface area contributed by atoms with Gasteiger partial charge >= 0.3 is 5.97 Å². The number of hydrogen-bond acceptors (Lipinski definition) is 3. The molecule has 0 aliphatic rings. The number of aryl methyl sites for hydroxylation is 3. The smallest absolute Gasteiger partial charge is 0.303 e. The Morgan fingerprint density at radius 1 is 1.24 bits per heavy atom. The van der Waals surface area contributed by atoms with Crippen LogP contribution in [0.2, 0.25) is 0 Å². The third-order valence-electron chi connectivity index (χ3n) is 3.58. The fraction of sp³-hybridized carbons (Fsp3) is 0.438. The van der Waals surface area contributed by atoms with Gasteiger partial charge in [0, 0.05) is 12.6 Å². The normalized spacial score (nSPS) is 10.8. The quantitative estimate of drug-likeness (QED) is 0.795. The number of hydrogen-bond donors (Lipinski definition) is 1. The first-order valence-corrected chi connectivity index (χ1v) is 7.21. The van der Waals surface area contributed by atoms with Crippen molar-refractivity contribution in [1.82, 2.24) is 15.0 Å². The SMILES string of the molecule is Cc1ccc(Cn2cc(CCCCC(=O)O)nn2)cc1C. The van der Waals surface area contributed by atoms with Crippen LogP contribution in [0.25, 0.3) is 0 Å². The van der Waals surface area contributed by atoms with Crippen molar-refractivity contribution < 1.29 is 9.90 Å². The number of nitrogens with zero attached hydrogens (tertiary/aromatic N) is 3. The maximum absolute atomic E-state index is 10.4. The lowest BCUT2D eigenvalue weighted by Crippen LogP contribution is -2.01. The Labute approximate surface area is 124 Å². The van der Waals surface area contributed by atoms with E-state index in [9.17, 15) is 4.79 Å². The molecule has 5 nitrogen and oxygen atoms in total. The first-order chi connectivity index (χ1) is 10.0. The summed E-state index contributed by atoms with van der Waals surface area (Å²) in [6.07, 6.45) is 4.45. The zero-order chi connectivity index (χ0) is 15.2. The van der Waals surface area contributed by atoms with Crippen LogP contribution in [0.4, 0.5) is 0 Å². The average Bonchev–Trinajstić information content (AvgIpc) is 2.86. The fourth-order valence-electron chi connectivity index (χ4n) is 2.20. The van der Waals surface area contributed by atoms with E-state index in [1.54, 1.807) is 0 Å². The average molecular weight is 287 g/mol. The summed E-state index contributed by atoms with van der Waals surface area (Å²) >= 11 is 0. The van der Waals surface area contributed by atoms with Gasteiger partial charge in [0.25, 0.3) is 0 Å². The summed E-state index contributed by atoms with van der Waals surface area (Å²) in [5.74, 6) is -0.742. The fourth-order valence-corrected chi connectivity index (χ4v) is 2.20. The van der Waals surface area contributed by atoms with Gasteiger partial charge in [-0.1, -0.05) is 23.4 Å². The highest BCUT2D eigenvalue weighted by molar-refractivity contribution is 5.66. The Bertz CT molecular complexity index is 620. The summed E-state index contributed by atoms with van der Waals surface area (Å²) in [5, 5.41) is 16.9. The molecule has 0 bridgehead atoms. The summed E-state index contributed by atoms with van der Waals surface area (Å²) in [6, 6.07) is 6.40. The van der Waals surface area contributed by atoms with Crippen molar-refractivity contribution in [3.63, 3.8) is 0 Å². The highest BCUT2D eigenvalue weighted by Gasteiger charge is 2.04. The van der Waals surface area contributed by atoms with Gasteiger partial charge in [0.05, 0.1) is 12.2 Å².